The molecule has 0 bridgehead atoms. The van der Waals surface area contributed by atoms with Crippen LogP contribution in [0.4, 0.5) is 5.69 Å². The molecule has 0 radical (unpaired) electrons. The molecular weight excluding hydrogens is 476 g/mol. The monoisotopic (exact) mass is 502 g/mol. The summed E-state index contributed by atoms with van der Waals surface area (Å²) in [6, 6.07) is 20.4. The lowest BCUT2D eigenvalue weighted by Crippen LogP contribution is -2.23. The van der Waals surface area contributed by atoms with Crippen molar-refractivity contribution in [2.75, 3.05) is 21.3 Å². The number of methoxy groups -OCH3 is 2. The second kappa shape index (κ2) is 11.1. The third kappa shape index (κ3) is 5.78. The van der Waals surface area contributed by atoms with Gasteiger partial charge in [-0.15, -0.1) is 0 Å². The van der Waals surface area contributed by atoms with Crippen molar-refractivity contribution in [3.05, 3.63) is 93.9 Å². The zero-order chi connectivity index (χ0) is 25.7. The van der Waals surface area contributed by atoms with Gasteiger partial charge in [0.25, 0.3) is 5.91 Å². The number of amides is 1. The minimum atomic E-state index is -0.413. The number of esters is 1. The van der Waals surface area contributed by atoms with Gasteiger partial charge in [0, 0.05) is 7.05 Å². The Kier molecular flexibility index (Phi) is 7.75. The standard InChI is InChI=1S/C28H26N2O5S/c1-18-5-7-19(8-6-18)17-35-23-14-9-20(15-24(23)33-3)16-25-26(31)30(2)28(36-25)29-22-12-10-21(11-13-22)27(32)34-4/h5-16H,17H2,1-4H3/b25-16-,29-28?. The molecule has 3 aromatic rings. The predicted molar refractivity (Wildman–Crippen MR) is 142 cm³/mol. The van der Waals surface area contributed by atoms with Gasteiger partial charge in [-0.2, -0.15) is 0 Å². The largest absolute Gasteiger partial charge is 0.493 e. The van der Waals surface area contributed by atoms with Crippen molar-refractivity contribution in [2.45, 2.75) is 13.5 Å². The lowest BCUT2D eigenvalue weighted by atomic mass is 10.1. The lowest BCUT2D eigenvalue weighted by molar-refractivity contribution is -0.121. The molecule has 0 unspecified atom stereocenters. The van der Waals surface area contributed by atoms with Crippen LogP contribution in [-0.4, -0.2) is 43.2 Å². The summed E-state index contributed by atoms with van der Waals surface area (Å²) < 4.78 is 16.2. The van der Waals surface area contributed by atoms with Crippen LogP contribution in [0.5, 0.6) is 11.5 Å². The second-order valence-electron chi connectivity index (χ2n) is 8.09. The molecule has 1 aliphatic heterocycles. The van der Waals surface area contributed by atoms with E-state index in [1.165, 1.54) is 29.3 Å². The molecule has 0 aromatic heterocycles. The molecule has 7 nitrogen and oxygen atoms in total. The molecule has 3 aromatic carbocycles. The number of carbonyl (C=O) groups excluding carboxylic acids is 2. The van der Waals surface area contributed by atoms with E-state index < -0.39 is 5.97 Å². The number of ether oxygens (including phenoxy) is 3. The topological polar surface area (TPSA) is 77.4 Å². The highest BCUT2D eigenvalue weighted by molar-refractivity contribution is 8.18. The summed E-state index contributed by atoms with van der Waals surface area (Å²) >= 11 is 1.28. The molecule has 1 saturated heterocycles. The van der Waals surface area contributed by atoms with Crippen molar-refractivity contribution in [1.29, 1.82) is 0 Å². The molecule has 0 atom stereocenters. The Labute approximate surface area is 214 Å². The average molecular weight is 503 g/mol. The summed E-state index contributed by atoms with van der Waals surface area (Å²) in [5.74, 6) is 0.646. The minimum Gasteiger partial charge on any atom is -0.493 e. The average Bonchev–Trinajstić information content (AvgIpc) is 3.16. The highest BCUT2D eigenvalue weighted by Crippen LogP contribution is 2.35. The van der Waals surface area contributed by atoms with Gasteiger partial charge >= 0.3 is 5.97 Å². The Morgan fingerprint density at radius 1 is 1.00 bits per heavy atom. The van der Waals surface area contributed by atoms with Gasteiger partial charge in [0.2, 0.25) is 0 Å². The Hall–Kier alpha value is -4.04. The van der Waals surface area contributed by atoms with Gasteiger partial charge in [0.05, 0.1) is 30.4 Å². The van der Waals surface area contributed by atoms with Crippen LogP contribution >= 0.6 is 11.8 Å². The van der Waals surface area contributed by atoms with Crippen molar-refractivity contribution in [2.24, 2.45) is 4.99 Å². The fraction of sp³-hybridized carbons (Fsp3) is 0.179. The molecule has 0 spiro atoms. The minimum absolute atomic E-state index is 0.149. The normalized spacial score (nSPS) is 15.4. The zero-order valence-corrected chi connectivity index (χ0v) is 21.3. The van der Waals surface area contributed by atoms with Crippen LogP contribution in [-0.2, 0) is 16.1 Å². The van der Waals surface area contributed by atoms with E-state index in [1.54, 1.807) is 44.5 Å². The van der Waals surface area contributed by atoms with Crippen molar-refractivity contribution in [1.82, 2.24) is 4.90 Å². The van der Waals surface area contributed by atoms with E-state index >= 15 is 0 Å². The Morgan fingerprint density at radius 2 is 1.72 bits per heavy atom. The molecule has 0 N–H and O–H groups in total. The molecule has 0 aliphatic carbocycles. The van der Waals surface area contributed by atoms with E-state index in [2.05, 4.69) is 4.99 Å². The van der Waals surface area contributed by atoms with E-state index in [4.69, 9.17) is 14.2 Å². The Morgan fingerprint density at radius 3 is 2.39 bits per heavy atom. The first-order valence-corrected chi connectivity index (χ1v) is 12.0. The zero-order valence-electron chi connectivity index (χ0n) is 20.5. The highest BCUT2D eigenvalue weighted by atomic mass is 32.2. The lowest BCUT2D eigenvalue weighted by Gasteiger charge is -2.12. The quantitative estimate of drug-likeness (QED) is 0.309. The number of amidine groups is 1. The van der Waals surface area contributed by atoms with Gasteiger partial charge in [-0.3, -0.25) is 9.69 Å². The van der Waals surface area contributed by atoms with E-state index in [1.807, 2.05) is 49.4 Å². The summed E-state index contributed by atoms with van der Waals surface area (Å²) in [4.78, 5) is 31.1. The summed E-state index contributed by atoms with van der Waals surface area (Å²) in [5.41, 5.74) is 4.14. The van der Waals surface area contributed by atoms with Gasteiger partial charge < -0.3 is 14.2 Å². The van der Waals surface area contributed by atoms with E-state index in [0.29, 0.717) is 39.4 Å². The molecule has 1 fully saturated rings. The van der Waals surface area contributed by atoms with Crippen LogP contribution in [0.1, 0.15) is 27.0 Å². The molecule has 0 saturated carbocycles. The predicted octanol–water partition coefficient (Wildman–Crippen LogP) is 5.60. The maximum Gasteiger partial charge on any atom is 0.337 e. The molecular formula is C28H26N2O5S. The van der Waals surface area contributed by atoms with E-state index in [0.717, 1.165) is 11.1 Å². The van der Waals surface area contributed by atoms with Crippen LogP contribution in [0, 0.1) is 6.92 Å². The van der Waals surface area contributed by atoms with Crippen molar-refractivity contribution < 1.29 is 23.8 Å². The number of carbonyl (C=O) groups is 2. The number of thioether (sulfide) groups is 1. The van der Waals surface area contributed by atoms with Crippen LogP contribution in [0.3, 0.4) is 0 Å². The molecule has 36 heavy (non-hydrogen) atoms. The summed E-state index contributed by atoms with van der Waals surface area (Å²) in [5, 5.41) is 0.544. The Balaban J connectivity index is 1.49. The smallest absolute Gasteiger partial charge is 0.337 e. The highest BCUT2D eigenvalue weighted by Gasteiger charge is 2.30. The van der Waals surface area contributed by atoms with Crippen LogP contribution < -0.4 is 9.47 Å². The molecule has 1 heterocycles. The van der Waals surface area contributed by atoms with Gasteiger partial charge in [-0.05, 0) is 72.3 Å². The van der Waals surface area contributed by atoms with Crippen molar-refractivity contribution in [3.8, 4) is 11.5 Å². The van der Waals surface area contributed by atoms with Gasteiger partial charge in [-0.25, -0.2) is 9.79 Å². The summed E-state index contributed by atoms with van der Waals surface area (Å²) in [6.07, 6.45) is 1.80. The third-order valence-corrected chi connectivity index (χ3v) is 6.58. The Bertz CT molecular complexity index is 1330. The molecule has 4 rings (SSSR count). The van der Waals surface area contributed by atoms with E-state index in [9.17, 15) is 9.59 Å². The van der Waals surface area contributed by atoms with Gasteiger partial charge in [0.1, 0.15) is 6.61 Å². The number of aliphatic imine (C=N–C) groups is 1. The fourth-order valence-corrected chi connectivity index (χ4v) is 4.43. The maximum atomic E-state index is 12.8. The molecule has 184 valence electrons. The van der Waals surface area contributed by atoms with Crippen molar-refractivity contribution >= 4 is 40.6 Å². The number of aryl methyl sites for hydroxylation is 1. The number of hydrogen-bond acceptors (Lipinski definition) is 7. The van der Waals surface area contributed by atoms with Crippen LogP contribution in [0.15, 0.2) is 76.6 Å². The maximum absolute atomic E-state index is 12.8. The third-order valence-electron chi connectivity index (χ3n) is 5.52. The van der Waals surface area contributed by atoms with Crippen LogP contribution in [0.2, 0.25) is 0 Å². The second-order valence-corrected chi connectivity index (χ2v) is 9.10. The number of nitrogens with zero attached hydrogens (tertiary/aromatic N) is 2. The SMILES string of the molecule is COC(=O)c1ccc(N=C2S/C(=C\c3ccc(OCc4ccc(C)cc4)c(OC)c3)C(=O)N2C)cc1. The van der Waals surface area contributed by atoms with E-state index in [-0.39, 0.29) is 5.91 Å². The van der Waals surface area contributed by atoms with Crippen LogP contribution in [0.25, 0.3) is 6.08 Å². The van der Waals surface area contributed by atoms with Crippen molar-refractivity contribution in [3.63, 3.8) is 0 Å². The number of benzene rings is 3. The number of hydrogen-bond donors (Lipinski definition) is 0. The van der Waals surface area contributed by atoms with Gasteiger partial charge in [-0.1, -0.05) is 35.9 Å². The number of rotatable bonds is 7. The molecule has 1 aliphatic rings. The summed E-state index contributed by atoms with van der Waals surface area (Å²) in [6.45, 7) is 2.47. The number of likely N-dealkylation sites (N-methyl/N-ethyl adjacent to an activating group) is 1. The van der Waals surface area contributed by atoms with Gasteiger partial charge in [0.15, 0.2) is 16.7 Å². The fourth-order valence-electron chi connectivity index (χ4n) is 3.44. The first-order valence-electron chi connectivity index (χ1n) is 11.2. The molecule has 8 heteroatoms. The first-order chi connectivity index (χ1) is 17.4. The first kappa shape index (κ1) is 25.1. The molecule has 1 amide bonds. The summed E-state index contributed by atoms with van der Waals surface area (Å²) in [7, 11) is 4.60.